The van der Waals surface area contributed by atoms with Gasteiger partial charge in [0, 0.05) is 11.3 Å². The molecule has 2 N–H and O–H groups in total. The summed E-state index contributed by atoms with van der Waals surface area (Å²) < 4.78 is 41.7. The largest absolute Gasteiger partial charge is 0.573 e. The molecule has 1 aromatic heterocycles. The SMILES string of the molecule is Nc1ccccc1-c1ncn(-c2ccc(OC(F)(F)F)cc2)n1. The van der Waals surface area contributed by atoms with E-state index in [9.17, 15) is 13.2 Å². The predicted molar refractivity (Wildman–Crippen MR) is 77.9 cm³/mol. The van der Waals surface area contributed by atoms with Crippen molar-refractivity contribution in [2.75, 3.05) is 5.73 Å². The molecule has 0 aliphatic heterocycles. The monoisotopic (exact) mass is 320 g/mol. The summed E-state index contributed by atoms with van der Waals surface area (Å²) in [5, 5.41) is 4.28. The molecular formula is C15H11F3N4O. The Labute approximate surface area is 129 Å². The normalized spacial score (nSPS) is 11.4. The van der Waals surface area contributed by atoms with E-state index in [1.165, 1.54) is 35.3 Å². The minimum atomic E-state index is -4.72. The minimum absolute atomic E-state index is 0.297. The van der Waals surface area contributed by atoms with Gasteiger partial charge >= 0.3 is 6.36 Å². The van der Waals surface area contributed by atoms with Crippen LogP contribution in [0.3, 0.4) is 0 Å². The Hall–Kier alpha value is -3.03. The Bertz CT molecular complexity index is 812. The molecule has 0 aliphatic carbocycles. The summed E-state index contributed by atoms with van der Waals surface area (Å²) in [6.45, 7) is 0. The van der Waals surface area contributed by atoms with Crippen molar-refractivity contribution in [3.63, 3.8) is 0 Å². The van der Waals surface area contributed by atoms with E-state index in [4.69, 9.17) is 5.73 Å². The Kier molecular flexibility index (Phi) is 3.65. The van der Waals surface area contributed by atoms with Gasteiger partial charge in [-0.05, 0) is 36.4 Å². The molecule has 0 saturated heterocycles. The van der Waals surface area contributed by atoms with Crippen LogP contribution in [0, 0.1) is 0 Å². The van der Waals surface area contributed by atoms with E-state index in [-0.39, 0.29) is 5.75 Å². The summed E-state index contributed by atoms with van der Waals surface area (Å²) in [7, 11) is 0. The smallest absolute Gasteiger partial charge is 0.406 e. The van der Waals surface area contributed by atoms with Gasteiger partial charge in [0.15, 0.2) is 5.82 Å². The quantitative estimate of drug-likeness (QED) is 0.751. The number of nitrogens with zero attached hydrogens (tertiary/aromatic N) is 3. The van der Waals surface area contributed by atoms with Gasteiger partial charge in [-0.15, -0.1) is 18.3 Å². The van der Waals surface area contributed by atoms with Crippen LogP contribution < -0.4 is 10.5 Å². The van der Waals surface area contributed by atoms with Crippen LogP contribution in [-0.2, 0) is 0 Å². The lowest BCUT2D eigenvalue weighted by molar-refractivity contribution is -0.274. The Balaban J connectivity index is 1.85. The highest BCUT2D eigenvalue weighted by Gasteiger charge is 2.30. The summed E-state index contributed by atoms with van der Waals surface area (Å²) in [4.78, 5) is 4.17. The molecular weight excluding hydrogens is 309 g/mol. The van der Waals surface area contributed by atoms with Gasteiger partial charge in [-0.2, -0.15) is 0 Å². The van der Waals surface area contributed by atoms with Crippen molar-refractivity contribution in [1.29, 1.82) is 0 Å². The second-order valence-corrected chi connectivity index (χ2v) is 4.64. The highest BCUT2D eigenvalue weighted by atomic mass is 19.4. The van der Waals surface area contributed by atoms with Crippen molar-refractivity contribution in [3.05, 3.63) is 54.9 Å². The molecule has 23 heavy (non-hydrogen) atoms. The third-order valence-electron chi connectivity index (χ3n) is 3.03. The number of aromatic nitrogens is 3. The second kappa shape index (κ2) is 5.64. The van der Waals surface area contributed by atoms with Gasteiger partial charge in [-0.3, -0.25) is 0 Å². The Morgan fingerprint density at radius 2 is 1.70 bits per heavy atom. The molecule has 118 valence electrons. The van der Waals surface area contributed by atoms with Gasteiger partial charge in [0.05, 0.1) is 5.69 Å². The fraction of sp³-hybridized carbons (Fsp3) is 0.0667. The number of rotatable bonds is 3. The molecule has 0 saturated carbocycles. The first-order valence-electron chi connectivity index (χ1n) is 6.55. The lowest BCUT2D eigenvalue weighted by Gasteiger charge is -2.09. The molecule has 2 aromatic carbocycles. The van der Waals surface area contributed by atoms with Crippen LogP contribution in [-0.4, -0.2) is 21.1 Å². The first kappa shape index (κ1) is 14.9. The number of hydrogen-bond donors (Lipinski definition) is 1. The van der Waals surface area contributed by atoms with Crippen LogP contribution in [0.15, 0.2) is 54.9 Å². The molecule has 5 nitrogen and oxygen atoms in total. The maximum Gasteiger partial charge on any atom is 0.573 e. The summed E-state index contributed by atoms with van der Waals surface area (Å²) in [5.41, 5.74) is 7.64. The van der Waals surface area contributed by atoms with Gasteiger partial charge in [0.25, 0.3) is 0 Å². The Morgan fingerprint density at radius 3 is 2.35 bits per heavy atom. The summed E-state index contributed by atoms with van der Waals surface area (Å²) >= 11 is 0. The van der Waals surface area contributed by atoms with Crippen LogP contribution in [0.25, 0.3) is 17.1 Å². The summed E-state index contributed by atoms with van der Waals surface area (Å²) in [5.74, 6) is 0.132. The van der Waals surface area contributed by atoms with Gasteiger partial charge < -0.3 is 10.5 Å². The number of benzene rings is 2. The zero-order chi connectivity index (χ0) is 16.4. The standard InChI is InChI=1S/C15H11F3N4O/c16-15(17,18)23-11-7-5-10(6-8-11)22-9-20-14(21-22)12-3-1-2-4-13(12)19/h1-9H,19H2. The van der Waals surface area contributed by atoms with E-state index in [1.807, 2.05) is 6.07 Å². The lowest BCUT2D eigenvalue weighted by Crippen LogP contribution is -2.17. The van der Waals surface area contributed by atoms with Crippen LogP contribution in [0.2, 0.25) is 0 Å². The molecule has 1 heterocycles. The molecule has 0 bridgehead atoms. The molecule has 0 unspecified atom stereocenters. The number of ether oxygens (including phenoxy) is 1. The highest BCUT2D eigenvalue weighted by Crippen LogP contribution is 2.25. The average Bonchev–Trinajstić information content (AvgIpc) is 2.96. The van der Waals surface area contributed by atoms with Gasteiger partial charge in [-0.25, -0.2) is 9.67 Å². The van der Waals surface area contributed by atoms with Gasteiger partial charge in [-0.1, -0.05) is 12.1 Å². The van der Waals surface area contributed by atoms with E-state index in [2.05, 4.69) is 14.8 Å². The zero-order valence-electron chi connectivity index (χ0n) is 11.7. The lowest BCUT2D eigenvalue weighted by atomic mass is 10.2. The van der Waals surface area contributed by atoms with E-state index in [0.717, 1.165) is 0 Å². The summed E-state index contributed by atoms with van der Waals surface area (Å²) in [6, 6.07) is 12.5. The molecule has 0 amide bonds. The number of para-hydroxylation sites is 1. The number of alkyl halides is 3. The molecule has 3 rings (SSSR count). The third-order valence-corrected chi connectivity index (χ3v) is 3.03. The van der Waals surface area contributed by atoms with Gasteiger partial charge in [0.2, 0.25) is 0 Å². The van der Waals surface area contributed by atoms with Crippen LogP contribution in [0.5, 0.6) is 5.75 Å². The number of hydrogen-bond acceptors (Lipinski definition) is 4. The first-order valence-corrected chi connectivity index (χ1v) is 6.55. The molecule has 0 fully saturated rings. The maximum absolute atomic E-state index is 12.1. The topological polar surface area (TPSA) is 66.0 Å². The fourth-order valence-corrected chi connectivity index (χ4v) is 2.01. The number of anilines is 1. The van der Waals surface area contributed by atoms with E-state index in [0.29, 0.717) is 22.8 Å². The van der Waals surface area contributed by atoms with E-state index in [1.54, 1.807) is 18.2 Å². The third kappa shape index (κ3) is 3.42. The predicted octanol–water partition coefficient (Wildman–Crippen LogP) is 3.42. The average molecular weight is 320 g/mol. The molecule has 3 aromatic rings. The van der Waals surface area contributed by atoms with Crippen molar-refractivity contribution < 1.29 is 17.9 Å². The number of nitrogens with two attached hydrogens (primary N) is 1. The highest BCUT2D eigenvalue weighted by molar-refractivity contribution is 5.70. The summed E-state index contributed by atoms with van der Waals surface area (Å²) in [6.07, 6.45) is -3.26. The van der Waals surface area contributed by atoms with Crippen molar-refractivity contribution in [3.8, 4) is 22.8 Å². The molecule has 8 heteroatoms. The van der Waals surface area contributed by atoms with Gasteiger partial charge in [0.1, 0.15) is 12.1 Å². The van der Waals surface area contributed by atoms with Crippen molar-refractivity contribution in [1.82, 2.24) is 14.8 Å². The van der Waals surface area contributed by atoms with Crippen molar-refractivity contribution >= 4 is 5.69 Å². The molecule has 0 aliphatic rings. The van der Waals surface area contributed by atoms with Crippen molar-refractivity contribution in [2.24, 2.45) is 0 Å². The van der Waals surface area contributed by atoms with E-state index < -0.39 is 6.36 Å². The van der Waals surface area contributed by atoms with Crippen LogP contribution in [0.1, 0.15) is 0 Å². The Morgan fingerprint density at radius 1 is 1.00 bits per heavy atom. The minimum Gasteiger partial charge on any atom is -0.406 e. The van der Waals surface area contributed by atoms with Crippen molar-refractivity contribution in [2.45, 2.75) is 6.36 Å². The molecule has 0 spiro atoms. The first-order chi connectivity index (χ1) is 10.9. The van der Waals surface area contributed by atoms with E-state index >= 15 is 0 Å². The zero-order valence-corrected chi connectivity index (χ0v) is 11.7. The molecule has 0 radical (unpaired) electrons. The second-order valence-electron chi connectivity index (χ2n) is 4.64. The molecule has 0 atom stereocenters. The fourth-order valence-electron chi connectivity index (χ4n) is 2.01. The number of halogens is 3. The van der Waals surface area contributed by atoms with Crippen LogP contribution >= 0.6 is 0 Å². The maximum atomic E-state index is 12.1. The van der Waals surface area contributed by atoms with Crippen LogP contribution in [0.4, 0.5) is 18.9 Å². The number of nitrogen functional groups attached to an aromatic ring is 1.